The minimum atomic E-state index is -0.467. The van der Waals surface area contributed by atoms with E-state index in [1.807, 2.05) is 22.6 Å². The number of aliphatic imine (C=N–C) groups is 1. The summed E-state index contributed by atoms with van der Waals surface area (Å²) < 4.78 is 5.45. The number of nitriles is 1. The highest BCUT2D eigenvalue weighted by Gasteiger charge is 2.21. The van der Waals surface area contributed by atoms with Gasteiger partial charge in [0.05, 0.1) is 47.8 Å². The first-order valence-electron chi connectivity index (χ1n) is 7.31. The Labute approximate surface area is 157 Å². The van der Waals surface area contributed by atoms with Gasteiger partial charge in [-0.1, -0.05) is 12.1 Å². The van der Waals surface area contributed by atoms with Crippen molar-refractivity contribution in [1.29, 1.82) is 5.26 Å². The largest absolute Gasteiger partial charge is 0.465 e. The Balaban J connectivity index is 2.15. The second-order valence-electron chi connectivity index (χ2n) is 5.32. The molecule has 1 aliphatic rings. The molecule has 0 atom stereocenters. The number of rotatable bonds is 2. The number of amides is 1. The number of benzene rings is 2. The maximum Gasteiger partial charge on any atom is 0.339 e. The molecule has 2 aromatic rings. The third-order valence-electron chi connectivity index (χ3n) is 3.67. The zero-order valence-corrected chi connectivity index (χ0v) is 15.3. The van der Waals surface area contributed by atoms with Gasteiger partial charge in [0.25, 0.3) is 0 Å². The first kappa shape index (κ1) is 17.1. The van der Waals surface area contributed by atoms with Crippen molar-refractivity contribution in [3.05, 3.63) is 56.7 Å². The van der Waals surface area contributed by atoms with E-state index in [2.05, 4.69) is 16.4 Å². The van der Waals surface area contributed by atoms with Gasteiger partial charge in [-0.3, -0.25) is 9.79 Å². The monoisotopic (exact) mass is 445 g/mol. The first-order chi connectivity index (χ1) is 12.0. The molecule has 0 unspecified atom stereocenters. The lowest BCUT2D eigenvalue weighted by molar-refractivity contribution is -0.115. The van der Waals surface area contributed by atoms with Crippen molar-refractivity contribution in [1.82, 2.24) is 0 Å². The zero-order valence-electron chi connectivity index (χ0n) is 13.2. The lowest BCUT2D eigenvalue weighted by Gasteiger charge is -2.09. The summed E-state index contributed by atoms with van der Waals surface area (Å²) in [5.74, 6) is -0.674. The SMILES string of the molecule is COC(=O)c1cc2c(cc1I)NC(=O)CC(c1cccc(C#N)c1)=N2. The van der Waals surface area contributed by atoms with Gasteiger partial charge in [0.15, 0.2) is 0 Å². The van der Waals surface area contributed by atoms with Crippen LogP contribution in [0.1, 0.15) is 27.9 Å². The lowest BCUT2D eigenvalue weighted by atomic mass is 10.0. The molecule has 1 aliphatic heterocycles. The Bertz CT molecular complexity index is 961. The van der Waals surface area contributed by atoms with Crippen LogP contribution in [0.4, 0.5) is 11.4 Å². The summed E-state index contributed by atoms with van der Waals surface area (Å²) in [6, 6.07) is 12.3. The van der Waals surface area contributed by atoms with Crippen molar-refractivity contribution in [3.63, 3.8) is 0 Å². The summed E-state index contributed by atoms with van der Waals surface area (Å²) >= 11 is 2.01. The number of ether oxygens (including phenoxy) is 1. The molecule has 25 heavy (non-hydrogen) atoms. The number of methoxy groups -OCH3 is 1. The van der Waals surface area contributed by atoms with Crippen molar-refractivity contribution in [2.75, 3.05) is 12.4 Å². The zero-order chi connectivity index (χ0) is 18.0. The van der Waals surface area contributed by atoms with Gasteiger partial charge in [-0.2, -0.15) is 5.26 Å². The standard InChI is InChI=1S/C18H12IN3O3/c1-25-18(24)12-6-15-16(7-13(12)19)22-17(23)8-14(21-15)11-4-2-3-10(5-11)9-20/h2-7H,8H2,1H3,(H,22,23). The second kappa shape index (κ2) is 7.03. The van der Waals surface area contributed by atoms with Crippen LogP contribution in [0.25, 0.3) is 0 Å². The number of carbonyl (C=O) groups excluding carboxylic acids is 2. The van der Waals surface area contributed by atoms with Gasteiger partial charge in [0.2, 0.25) is 5.91 Å². The third-order valence-corrected chi connectivity index (χ3v) is 4.57. The van der Waals surface area contributed by atoms with Gasteiger partial charge in [0, 0.05) is 3.57 Å². The van der Waals surface area contributed by atoms with Crippen LogP contribution in [0.5, 0.6) is 0 Å². The molecule has 2 aromatic carbocycles. The molecule has 0 saturated heterocycles. The van der Waals surface area contributed by atoms with Crippen LogP contribution >= 0.6 is 22.6 Å². The lowest BCUT2D eigenvalue weighted by Crippen LogP contribution is -2.15. The molecule has 0 aromatic heterocycles. The van der Waals surface area contributed by atoms with Crippen LogP contribution in [0, 0.1) is 14.9 Å². The van der Waals surface area contributed by atoms with Crippen LogP contribution in [0.3, 0.4) is 0 Å². The Morgan fingerprint density at radius 2 is 2.16 bits per heavy atom. The summed E-state index contributed by atoms with van der Waals surface area (Å²) in [5, 5.41) is 11.9. The topological polar surface area (TPSA) is 91.5 Å². The van der Waals surface area contributed by atoms with Crippen molar-refractivity contribution < 1.29 is 14.3 Å². The summed E-state index contributed by atoms with van der Waals surface area (Å²) in [6.07, 6.45) is 0.0771. The molecule has 124 valence electrons. The first-order valence-corrected chi connectivity index (χ1v) is 8.39. The molecule has 3 rings (SSSR count). The van der Waals surface area contributed by atoms with Crippen LogP contribution < -0.4 is 5.32 Å². The van der Waals surface area contributed by atoms with E-state index >= 15 is 0 Å². The number of esters is 1. The molecule has 0 radical (unpaired) electrons. The Morgan fingerprint density at radius 1 is 1.36 bits per heavy atom. The number of carbonyl (C=O) groups is 2. The number of anilines is 1. The number of hydrogen-bond acceptors (Lipinski definition) is 5. The maximum absolute atomic E-state index is 12.2. The fourth-order valence-electron chi connectivity index (χ4n) is 2.49. The molecule has 0 fully saturated rings. The number of nitrogens with one attached hydrogen (secondary N) is 1. The van der Waals surface area contributed by atoms with Crippen molar-refractivity contribution in [2.45, 2.75) is 6.42 Å². The Hall–Kier alpha value is -2.73. The second-order valence-corrected chi connectivity index (χ2v) is 6.48. The number of hydrogen-bond donors (Lipinski definition) is 1. The summed E-state index contributed by atoms with van der Waals surface area (Å²) in [5.41, 5.74) is 3.11. The number of fused-ring (bicyclic) bond motifs is 1. The van der Waals surface area contributed by atoms with Crippen LogP contribution in [0.15, 0.2) is 41.4 Å². The van der Waals surface area contributed by atoms with E-state index in [9.17, 15) is 9.59 Å². The van der Waals surface area contributed by atoms with Crippen LogP contribution in [-0.4, -0.2) is 24.7 Å². The summed E-state index contributed by atoms with van der Waals surface area (Å²) in [6.45, 7) is 0. The minimum Gasteiger partial charge on any atom is -0.465 e. The average Bonchev–Trinajstić information content (AvgIpc) is 2.78. The predicted octanol–water partition coefficient (Wildman–Crippen LogP) is 3.41. The van der Waals surface area contributed by atoms with Gasteiger partial charge in [-0.15, -0.1) is 0 Å². The van der Waals surface area contributed by atoms with Gasteiger partial charge in [-0.05, 0) is 52.4 Å². The van der Waals surface area contributed by atoms with Crippen molar-refractivity contribution in [2.24, 2.45) is 4.99 Å². The van der Waals surface area contributed by atoms with E-state index in [4.69, 9.17) is 10.00 Å². The van der Waals surface area contributed by atoms with E-state index in [0.29, 0.717) is 37.3 Å². The van der Waals surface area contributed by atoms with Gasteiger partial charge in [0.1, 0.15) is 0 Å². The third kappa shape index (κ3) is 3.53. The van der Waals surface area contributed by atoms with E-state index in [-0.39, 0.29) is 12.3 Å². The molecule has 0 aliphatic carbocycles. The van der Waals surface area contributed by atoms with Crippen LogP contribution in [0.2, 0.25) is 0 Å². The number of halogens is 1. The van der Waals surface area contributed by atoms with Gasteiger partial charge in [-0.25, -0.2) is 4.79 Å². The molecule has 7 heteroatoms. The molecular weight excluding hydrogens is 433 g/mol. The smallest absolute Gasteiger partial charge is 0.339 e. The number of nitrogens with zero attached hydrogens (tertiary/aromatic N) is 2. The fourth-order valence-corrected chi connectivity index (χ4v) is 3.17. The molecule has 0 spiro atoms. The van der Waals surface area contributed by atoms with Crippen LogP contribution in [-0.2, 0) is 9.53 Å². The molecule has 0 bridgehead atoms. The van der Waals surface area contributed by atoms with Gasteiger partial charge < -0.3 is 10.1 Å². The average molecular weight is 445 g/mol. The van der Waals surface area contributed by atoms with E-state index < -0.39 is 5.97 Å². The normalized spacial score (nSPS) is 13.0. The molecule has 1 N–H and O–H groups in total. The van der Waals surface area contributed by atoms with Gasteiger partial charge >= 0.3 is 5.97 Å². The molecule has 1 heterocycles. The predicted molar refractivity (Wildman–Crippen MR) is 101 cm³/mol. The Morgan fingerprint density at radius 3 is 2.88 bits per heavy atom. The molecule has 0 saturated carbocycles. The van der Waals surface area contributed by atoms with E-state index in [0.717, 1.165) is 0 Å². The molecule has 6 nitrogen and oxygen atoms in total. The highest BCUT2D eigenvalue weighted by Crippen LogP contribution is 2.33. The van der Waals surface area contributed by atoms with Crippen molar-refractivity contribution >= 4 is 51.6 Å². The summed E-state index contributed by atoms with van der Waals surface area (Å²) in [7, 11) is 1.31. The quantitative estimate of drug-likeness (QED) is 0.567. The molecule has 1 amide bonds. The van der Waals surface area contributed by atoms with Crippen molar-refractivity contribution in [3.8, 4) is 6.07 Å². The highest BCUT2D eigenvalue weighted by molar-refractivity contribution is 14.1. The Kier molecular flexibility index (Phi) is 4.81. The van der Waals surface area contributed by atoms with E-state index in [1.54, 1.807) is 36.4 Å². The summed E-state index contributed by atoms with van der Waals surface area (Å²) in [4.78, 5) is 28.7. The molecular formula is C18H12IN3O3. The van der Waals surface area contributed by atoms with E-state index in [1.165, 1.54) is 7.11 Å². The maximum atomic E-state index is 12.2. The minimum absolute atomic E-state index is 0.0771. The highest BCUT2D eigenvalue weighted by atomic mass is 127. The fraction of sp³-hybridized carbons (Fsp3) is 0.111.